The van der Waals surface area contributed by atoms with Crippen molar-refractivity contribution in [3.8, 4) is 11.5 Å². The zero-order chi connectivity index (χ0) is 11.5. The van der Waals surface area contributed by atoms with Crippen LogP contribution < -0.4 is 15.2 Å². The first-order chi connectivity index (χ1) is 7.28. The van der Waals surface area contributed by atoms with Gasteiger partial charge in [-0.1, -0.05) is 0 Å². The van der Waals surface area contributed by atoms with E-state index in [1.165, 1.54) is 0 Å². The Morgan fingerprint density at radius 1 is 1.33 bits per heavy atom. The van der Waals surface area contributed by atoms with Gasteiger partial charge in [-0.15, -0.1) is 0 Å². The van der Waals surface area contributed by atoms with Crippen molar-refractivity contribution in [1.82, 2.24) is 0 Å². The Morgan fingerprint density at radius 2 is 1.80 bits per heavy atom. The molecule has 0 saturated heterocycles. The largest absolute Gasteiger partial charge is 0.497 e. The molecule has 0 bridgehead atoms. The van der Waals surface area contributed by atoms with Crippen molar-refractivity contribution in [2.45, 2.75) is 0 Å². The highest BCUT2D eigenvalue weighted by Crippen LogP contribution is 2.16. The molecule has 5 heteroatoms. The molecule has 3 N–H and O–H groups in total. The molecule has 1 aromatic rings. The van der Waals surface area contributed by atoms with Crippen molar-refractivity contribution in [2.75, 3.05) is 20.3 Å². The molecule has 84 valence electrons. The van der Waals surface area contributed by atoms with Crippen LogP contribution in [-0.4, -0.2) is 31.8 Å². The number of methoxy groups -OCH3 is 1. The van der Waals surface area contributed by atoms with Crippen molar-refractivity contribution in [2.24, 2.45) is 5.73 Å². The number of hydrogen-bond acceptors (Lipinski definition) is 4. The molecular weight excluding hydrogens is 198 g/mol. The molecule has 0 unspecified atom stereocenters. The van der Waals surface area contributed by atoms with E-state index < -0.39 is 0 Å². The summed E-state index contributed by atoms with van der Waals surface area (Å²) in [6.07, 6.45) is 0. The minimum Gasteiger partial charge on any atom is -0.497 e. The van der Waals surface area contributed by atoms with Gasteiger partial charge in [0.05, 0.1) is 7.11 Å². The molecule has 0 atom stereocenters. The SMILES string of the molecule is COc1ccc(OCCN)cc1.O=CO. The standard InChI is InChI=1S/C9H13NO2.CH2O2/c1-11-8-2-4-9(5-3-8)12-7-6-10;2-1-3/h2-5H,6-7,10H2,1H3;1H,(H,2,3). The van der Waals surface area contributed by atoms with Crippen LogP contribution >= 0.6 is 0 Å². The minimum atomic E-state index is -0.250. The quantitative estimate of drug-likeness (QED) is 0.721. The Kier molecular flexibility index (Phi) is 7.80. The highest BCUT2D eigenvalue weighted by molar-refractivity contribution is 5.32. The van der Waals surface area contributed by atoms with E-state index in [2.05, 4.69) is 0 Å². The number of carbonyl (C=O) groups is 1. The van der Waals surface area contributed by atoms with Gasteiger partial charge in [-0.3, -0.25) is 4.79 Å². The van der Waals surface area contributed by atoms with Crippen LogP contribution in [0.4, 0.5) is 0 Å². The fourth-order valence-corrected chi connectivity index (χ4v) is 0.849. The van der Waals surface area contributed by atoms with Crippen molar-refractivity contribution in [1.29, 1.82) is 0 Å². The third kappa shape index (κ3) is 6.34. The Balaban J connectivity index is 0.000000583. The smallest absolute Gasteiger partial charge is 0.290 e. The van der Waals surface area contributed by atoms with Gasteiger partial charge >= 0.3 is 0 Å². The monoisotopic (exact) mass is 213 g/mol. The summed E-state index contributed by atoms with van der Waals surface area (Å²) >= 11 is 0. The first-order valence-corrected chi connectivity index (χ1v) is 4.33. The highest BCUT2D eigenvalue weighted by atomic mass is 16.5. The second-order valence-electron chi connectivity index (χ2n) is 2.42. The third-order valence-corrected chi connectivity index (χ3v) is 1.45. The summed E-state index contributed by atoms with van der Waals surface area (Å²) < 4.78 is 10.3. The Hall–Kier alpha value is -1.75. The molecule has 0 aromatic heterocycles. The summed E-state index contributed by atoms with van der Waals surface area (Å²) in [5, 5.41) is 6.89. The maximum absolute atomic E-state index is 8.36. The summed E-state index contributed by atoms with van der Waals surface area (Å²) in [5.41, 5.74) is 5.28. The van der Waals surface area contributed by atoms with Crippen LogP contribution in [-0.2, 0) is 4.79 Å². The van der Waals surface area contributed by atoms with Gasteiger partial charge < -0.3 is 20.3 Å². The van der Waals surface area contributed by atoms with Gasteiger partial charge in [0, 0.05) is 6.54 Å². The predicted octanol–water partition coefficient (Wildman–Crippen LogP) is 0.733. The molecule has 0 spiro atoms. The van der Waals surface area contributed by atoms with E-state index in [0.29, 0.717) is 13.2 Å². The van der Waals surface area contributed by atoms with Crippen molar-refractivity contribution in [3.63, 3.8) is 0 Å². The van der Waals surface area contributed by atoms with Crippen LogP contribution in [0.5, 0.6) is 11.5 Å². The average molecular weight is 213 g/mol. The fraction of sp³-hybridized carbons (Fsp3) is 0.300. The molecule has 0 radical (unpaired) electrons. The van der Waals surface area contributed by atoms with E-state index in [0.717, 1.165) is 11.5 Å². The van der Waals surface area contributed by atoms with Crippen LogP contribution in [0.1, 0.15) is 0 Å². The minimum absolute atomic E-state index is 0.250. The summed E-state index contributed by atoms with van der Waals surface area (Å²) in [4.78, 5) is 8.36. The summed E-state index contributed by atoms with van der Waals surface area (Å²) in [6.45, 7) is 0.832. The van der Waals surface area contributed by atoms with E-state index in [1.54, 1.807) is 7.11 Å². The summed E-state index contributed by atoms with van der Waals surface area (Å²) in [5.74, 6) is 1.65. The molecule has 1 rings (SSSR count). The van der Waals surface area contributed by atoms with E-state index >= 15 is 0 Å². The topological polar surface area (TPSA) is 81.8 Å². The molecule has 0 aliphatic carbocycles. The zero-order valence-corrected chi connectivity index (χ0v) is 8.55. The van der Waals surface area contributed by atoms with E-state index in [-0.39, 0.29) is 6.47 Å². The average Bonchev–Trinajstić information content (AvgIpc) is 2.28. The molecule has 5 nitrogen and oxygen atoms in total. The zero-order valence-electron chi connectivity index (χ0n) is 8.55. The van der Waals surface area contributed by atoms with Gasteiger partial charge in [-0.2, -0.15) is 0 Å². The van der Waals surface area contributed by atoms with Crippen LogP contribution in [0, 0.1) is 0 Å². The lowest BCUT2D eigenvalue weighted by atomic mass is 10.3. The lowest BCUT2D eigenvalue weighted by Gasteiger charge is -2.04. The van der Waals surface area contributed by atoms with E-state index in [9.17, 15) is 0 Å². The maximum atomic E-state index is 8.36. The first kappa shape index (κ1) is 13.2. The summed E-state index contributed by atoms with van der Waals surface area (Å²) in [7, 11) is 1.63. The number of carboxylic acid groups (broad SMARTS) is 1. The van der Waals surface area contributed by atoms with Gasteiger partial charge in [-0.25, -0.2) is 0 Å². The second-order valence-corrected chi connectivity index (χ2v) is 2.42. The number of nitrogens with two attached hydrogens (primary N) is 1. The van der Waals surface area contributed by atoms with Gasteiger partial charge in [0.25, 0.3) is 6.47 Å². The van der Waals surface area contributed by atoms with E-state index in [4.69, 9.17) is 25.1 Å². The highest BCUT2D eigenvalue weighted by Gasteiger charge is 1.92. The Morgan fingerprint density at radius 3 is 2.20 bits per heavy atom. The predicted molar refractivity (Wildman–Crippen MR) is 56.2 cm³/mol. The lowest BCUT2D eigenvalue weighted by molar-refractivity contribution is -0.122. The number of benzene rings is 1. The first-order valence-electron chi connectivity index (χ1n) is 4.33. The van der Waals surface area contributed by atoms with Gasteiger partial charge in [0.15, 0.2) is 0 Å². The molecule has 0 saturated carbocycles. The van der Waals surface area contributed by atoms with E-state index in [1.807, 2.05) is 24.3 Å². The Bertz CT molecular complexity index is 261. The molecule has 0 heterocycles. The molecule has 0 fully saturated rings. The van der Waals surface area contributed by atoms with Crippen LogP contribution in [0.25, 0.3) is 0 Å². The van der Waals surface area contributed by atoms with Crippen LogP contribution in [0.2, 0.25) is 0 Å². The van der Waals surface area contributed by atoms with Crippen LogP contribution in [0.15, 0.2) is 24.3 Å². The van der Waals surface area contributed by atoms with Crippen LogP contribution in [0.3, 0.4) is 0 Å². The molecule has 0 aliphatic rings. The van der Waals surface area contributed by atoms with Crippen molar-refractivity contribution < 1.29 is 19.4 Å². The lowest BCUT2D eigenvalue weighted by Crippen LogP contribution is -2.10. The van der Waals surface area contributed by atoms with Crippen molar-refractivity contribution in [3.05, 3.63) is 24.3 Å². The fourth-order valence-electron chi connectivity index (χ4n) is 0.849. The molecule has 0 aliphatic heterocycles. The number of rotatable bonds is 4. The number of hydrogen-bond donors (Lipinski definition) is 2. The van der Waals surface area contributed by atoms with Gasteiger partial charge in [0.2, 0.25) is 0 Å². The molecule has 0 amide bonds. The van der Waals surface area contributed by atoms with Crippen molar-refractivity contribution >= 4 is 6.47 Å². The normalized spacial score (nSPS) is 8.40. The molecule has 15 heavy (non-hydrogen) atoms. The molecule has 1 aromatic carbocycles. The second kappa shape index (κ2) is 8.83. The number of ether oxygens (including phenoxy) is 2. The van der Waals surface area contributed by atoms with Gasteiger partial charge in [-0.05, 0) is 24.3 Å². The Labute approximate surface area is 88.4 Å². The maximum Gasteiger partial charge on any atom is 0.290 e. The third-order valence-electron chi connectivity index (χ3n) is 1.45. The molecular formula is C10H15NO4. The van der Waals surface area contributed by atoms with Gasteiger partial charge in [0.1, 0.15) is 18.1 Å². The summed E-state index contributed by atoms with van der Waals surface area (Å²) in [6, 6.07) is 7.42.